The quantitative estimate of drug-likeness (QED) is 0.752. The van der Waals surface area contributed by atoms with Crippen LogP contribution in [0.2, 0.25) is 0 Å². The lowest BCUT2D eigenvalue weighted by atomic mass is 9.86. The predicted octanol–water partition coefficient (Wildman–Crippen LogP) is 0.899. The van der Waals surface area contributed by atoms with Crippen molar-refractivity contribution in [3.8, 4) is 0 Å². The molecule has 0 aliphatic carbocycles. The first-order valence-electron chi connectivity index (χ1n) is 5.56. The Kier molecular flexibility index (Phi) is 3.37. The number of carbonyl (C=O) groups excluding carboxylic acids is 2. The molecule has 0 aromatic rings. The average molecular weight is 212 g/mol. The van der Waals surface area contributed by atoms with Crippen LogP contribution in [-0.2, 0) is 9.59 Å². The highest BCUT2D eigenvalue weighted by Crippen LogP contribution is 2.35. The Morgan fingerprint density at radius 2 is 2.20 bits per heavy atom. The van der Waals surface area contributed by atoms with Crippen LogP contribution in [0.1, 0.15) is 40.0 Å². The van der Waals surface area contributed by atoms with Crippen molar-refractivity contribution in [3.63, 3.8) is 0 Å². The minimum Gasteiger partial charge on any atom is -0.368 e. The molecular formula is C11H20N2O2. The first kappa shape index (κ1) is 12.0. The number of carbonyl (C=O) groups is 2. The number of nitrogens with two attached hydrogens (primary N) is 1. The molecule has 1 heterocycles. The number of hydrogen-bond acceptors (Lipinski definition) is 2. The number of likely N-dealkylation sites (tertiary alicyclic amines) is 1. The molecule has 1 rings (SSSR count). The summed E-state index contributed by atoms with van der Waals surface area (Å²) in [5.74, 6) is -0.318. The van der Waals surface area contributed by atoms with Crippen molar-refractivity contribution in [2.24, 2.45) is 11.1 Å². The minimum absolute atomic E-state index is 0.0793. The van der Waals surface area contributed by atoms with Gasteiger partial charge in [-0.05, 0) is 19.3 Å². The molecule has 4 nitrogen and oxygen atoms in total. The maximum Gasteiger partial charge on any atom is 0.240 e. The molecule has 0 aromatic carbocycles. The number of hydrogen-bond donors (Lipinski definition) is 1. The number of nitrogens with zero attached hydrogens (tertiary/aromatic N) is 1. The van der Waals surface area contributed by atoms with Crippen molar-refractivity contribution in [1.29, 1.82) is 0 Å². The number of rotatable bonds is 4. The summed E-state index contributed by atoms with van der Waals surface area (Å²) < 4.78 is 0. The minimum atomic E-state index is -0.425. The molecule has 4 heteroatoms. The van der Waals surface area contributed by atoms with Crippen LogP contribution in [0.15, 0.2) is 0 Å². The van der Waals surface area contributed by atoms with Gasteiger partial charge >= 0.3 is 0 Å². The van der Waals surface area contributed by atoms with E-state index in [0.29, 0.717) is 13.0 Å². The maximum absolute atomic E-state index is 12.1. The zero-order valence-electron chi connectivity index (χ0n) is 9.75. The molecule has 2 atom stereocenters. The van der Waals surface area contributed by atoms with E-state index < -0.39 is 11.9 Å². The molecular weight excluding hydrogens is 192 g/mol. The molecule has 0 spiro atoms. The first-order chi connectivity index (χ1) is 6.96. The van der Waals surface area contributed by atoms with E-state index in [9.17, 15) is 9.59 Å². The lowest BCUT2D eigenvalue weighted by Crippen LogP contribution is -2.46. The van der Waals surface area contributed by atoms with Gasteiger partial charge in [-0.15, -0.1) is 0 Å². The van der Waals surface area contributed by atoms with E-state index in [2.05, 4.69) is 0 Å². The van der Waals surface area contributed by atoms with Crippen molar-refractivity contribution >= 4 is 11.8 Å². The van der Waals surface area contributed by atoms with Crippen LogP contribution < -0.4 is 5.73 Å². The summed E-state index contributed by atoms with van der Waals surface area (Å²) in [6, 6.07) is -0.425. The molecule has 1 saturated heterocycles. The molecule has 1 fully saturated rings. The van der Waals surface area contributed by atoms with Gasteiger partial charge in [-0.25, -0.2) is 0 Å². The van der Waals surface area contributed by atoms with E-state index in [1.54, 1.807) is 4.90 Å². The van der Waals surface area contributed by atoms with Crippen molar-refractivity contribution in [2.75, 3.05) is 6.54 Å². The number of amides is 2. The lowest BCUT2D eigenvalue weighted by molar-refractivity contribution is -0.141. The van der Waals surface area contributed by atoms with Gasteiger partial charge in [0.05, 0.1) is 0 Å². The molecule has 2 amide bonds. The molecule has 86 valence electrons. The van der Waals surface area contributed by atoms with Gasteiger partial charge in [-0.2, -0.15) is 0 Å². The largest absolute Gasteiger partial charge is 0.368 e. The highest BCUT2D eigenvalue weighted by Gasteiger charge is 2.44. The Hall–Kier alpha value is -1.06. The fourth-order valence-electron chi connectivity index (χ4n) is 2.12. The predicted molar refractivity (Wildman–Crippen MR) is 58.0 cm³/mol. The fraction of sp³-hybridized carbons (Fsp3) is 0.818. The van der Waals surface area contributed by atoms with Crippen LogP contribution in [0.25, 0.3) is 0 Å². The van der Waals surface area contributed by atoms with E-state index in [1.165, 1.54) is 0 Å². The van der Waals surface area contributed by atoms with Crippen molar-refractivity contribution < 1.29 is 9.59 Å². The summed E-state index contributed by atoms with van der Waals surface area (Å²) in [5, 5.41) is 0. The van der Waals surface area contributed by atoms with Crippen LogP contribution in [0.4, 0.5) is 0 Å². The highest BCUT2D eigenvalue weighted by atomic mass is 16.2. The van der Waals surface area contributed by atoms with Gasteiger partial charge in [0.15, 0.2) is 0 Å². The van der Waals surface area contributed by atoms with Gasteiger partial charge in [0.1, 0.15) is 6.04 Å². The molecule has 0 unspecified atom stereocenters. The SMILES string of the molecule is CC[C@@H](C(N)=O)N1CC[C@@](C)(CC)C1=O. The third kappa shape index (κ3) is 1.98. The highest BCUT2D eigenvalue weighted by molar-refractivity contribution is 5.90. The summed E-state index contributed by atoms with van der Waals surface area (Å²) in [4.78, 5) is 24.9. The van der Waals surface area contributed by atoms with Gasteiger partial charge < -0.3 is 10.6 Å². The topological polar surface area (TPSA) is 63.4 Å². The molecule has 2 N–H and O–H groups in total. The summed E-state index contributed by atoms with van der Waals surface area (Å²) in [5.41, 5.74) is 5.00. The fourth-order valence-corrected chi connectivity index (χ4v) is 2.12. The summed E-state index contributed by atoms with van der Waals surface area (Å²) in [6.45, 7) is 6.50. The Morgan fingerprint density at radius 3 is 2.53 bits per heavy atom. The van der Waals surface area contributed by atoms with Crippen molar-refractivity contribution in [3.05, 3.63) is 0 Å². The zero-order chi connectivity index (χ0) is 11.6. The third-order valence-corrected chi connectivity index (χ3v) is 3.55. The smallest absolute Gasteiger partial charge is 0.240 e. The van der Waals surface area contributed by atoms with E-state index >= 15 is 0 Å². The standard InChI is InChI=1S/C11H20N2O2/c1-4-8(9(12)14)13-7-6-11(3,5-2)10(13)15/h8H,4-7H2,1-3H3,(H2,12,14)/t8-,11+/m0/s1. The Morgan fingerprint density at radius 1 is 1.60 bits per heavy atom. The average Bonchev–Trinajstić information content (AvgIpc) is 2.48. The Bertz CT molecular complexity index is 278. The molecule has 0 aromatic heterocycles. The summed E-state index contributed by atoms with van der Waals surface area (Å²) >= 11 is 0. The molecule has 1 aliphatic heterocycles. The van der Waals surface area contributed by atoms with Crippen LogP contribution in [-0.4, -0.2) is 29.3 Å². The zero-order valence-corrected chi connectivity index (χ0v) is 9.75. The number of primary amides is 1. The molecule has 0 radical (unpaired) electrons. The molecule has 0 saturated carbocycles. The summed E-state index contributed by atoms with van der Waals surface area (Å²) in [7, 11) is 0. The van der Waals surface area contributed by atoms with Gasteiger partial charge in [-0.1, -0.05) is 20.8 Å². The summed E-state index contributed by atoms with van der Waals surface area (Å²) in [6.07, 6.45) is 2.24. The third-order valence-electron chi connectivity index (χ3n) is 3.55. The normalized spacial score (nSPS) is 28.2. The van der Waals surface area contributed by atoms with Gasteiger partial charge in [0.25, 0.3) is 0 Å². The van der Waals surface area contributed by atoms with E-state index in [0.717, 1.165) is 12.8 Å². The van der Waals surface area contributed by atoms with Crippen LogP contribution in [0.5, 0.6) is 0 Å². The second kappa shape index (κ2) is 4.21. The molecule has 1 aliphatic rings. The molecule has 15 heavy (non-hydrogen) atoms. The second-order valence-electron chi connectivity index (χ2n) is 4.49. The van der Waals surface area contributed by atoms with Gasteiger partial charge in [0.2, 0.25) is 11.8 Å². The van der Waals surface area contributed by atoms with Gasteiger partial charge in [0, 0.05) is 12.0 Å². The van der Waals surface area contributed by atoms with E-state index in [-0.39, 0.29) is 11.3 Å². The van der Waals surface area contributed by atoms with Crippen LogP contribution in [0.3, 0.4) is 0 Å². The molecule has 0 bridgehead atoms. The Balaban J connectivity index is 2.83. The van der Waals surface area contributed by atoms with Crippen LogP contribution in [0, 0.1) is 5.41 Å². The Labute approximate surface area is 90.8 Å². The van der Waals surface area contributed by atoms with E-state index in [4.69, 9.17) is 5.73 Å². The van der Waals surface area contributed by atoms with Crippen molar-refractivity contribution in [1.82, 2.24) is 4.90 Å². The second-order valence-corrected chi connectivity index (χ2v) is 4.49. The van der Waals surface area contributed by atoms with Crippen LogP contribution >= 0.6 is 0 Å². The van der Waals surface area contributed by atoms with Gasteiger partial charge in [-0.3, -0.25) is 9.59 Å². The monoisotopic (exact) mass is 212 g/mol. The lowest BCUT2D eigenvalue weighted by Gasteiger charge is -2.26. The maximum atomic E-state index is 12.1. The van der Waals surface area contributed by atoms with E-state index in [1.807, 2.05) is 20.8 Å². The first-order valence-corrected chi connectivity index (χ1v) is 5.56. The van der Waals surface area contributed by atoms with Crippen molar-refractivity contribution in [2.45, 2.75) is 46.1 Å².